The maximum atomic E-state index is 12.6. The zero-order valence-corrected chi connectivity index (χ0v) is 15.5. The summed E-state index contributed by atoms with van der Waals surface area (Å²) in [5.41, 5.74) is 8.49. The second-order valence-corrected chi connectivity index (χ2v) is 6.73. The molecule has 7 heteroatoms. The topological polar surface area (TPSA) is 71.8 Å². The molecule has 3 rings (SSSR count). The minimum atomic E-state index is -4.34. The predicted octanol–water partition coefficient (Wildman–Crippen LogP) is 4.28. The van der Waals surface area contributed by atoms with Gasteiger partial charge >= 0.3 is 6.18 Å². The van der Waals surface area contributed by atoms with Gasteiger partial charge < -0.3 is 10.7 Å². The fourth-order valence-electron chi connectivity index (χ4n) is 2.80. The molecule has 0 saturated heterocycles. The molecule has 150 valence electrons. The number of rotatable bonds is 7. The zero-order chi connectivity index (χ0) is 20.9. The summed E-state index contributed by atoms with van der Waals surface area (Å²) in [6, 6.07) is 11.7. The van der Waals surface area contributed by atoms with Crippen molar-refractivity contribution in [1.82, 2.24) is 9.97 Å². The Labute approximate surface area is 166 Å². The van der Waals surface area contributed by atoms with Gasteiger partial charge in [-0.15, -0.1) is 0 Å². The van der Waals surface area contributed by atoms with Gasteiger partial charge in [0.2, 0.25) is 0 Å². The van der Waals surface area contributed by atoms with E-state index in [-0.39, 0.29) is 12.2 Å². The van der Waals surface area contributed by atoms with E-state index in [0.29, 0.717) is 12.0 Å². The summed E-state index contributed by atoms with van der Waals surface area (Å²) in [7, 11) is 0. The third-order valence-electron chi connectivity index (χ3n) is 4.47. The highest BCUT2D eigenvalue weighted by Crippen LogP contribution is 2.29. The van der Waals surface area contributed by atoms with Crippen molar-refractivity contribution in [3.8, 4) is 0 Å². The number of carbonyl (C=O) groups excluding carboxylic acids is 1. The third-order valence-corrected chi connectivity index (χ3v) is 4.47. The molecule has 0 amide bonds. The molecule has 1 heterocycles. The molecular formula is C22H20F3N3O. The number of ketones is 1. The van der Waals surface area contributed by atoms with Crippen LogP contribution in [0.5, 0.6) is 0 Å². The summed E-state index contributed by atoms with van der Waals surface area (Å²) < 4.78 is 37.8. The normalized spacial score (nSPS) is 13.0. The predicted molar refractivity (Wildman–Crippen MR) is 106 cm³/mol. The van der Waals surface area contributed by atoms with Crippen LogP contribution < -0.4 is 5.73 Å². The van der Waals surface area contributed by atoms with Crippen molar-refractivity contribution in [2.45, 2.75) is 25.1 Å². The maximum Gasteiger partial charge on any atom is 0.416 e. The molecule has 3 N–H and O–H groups in total. The Morgan fingerprint density at radius 2 is 1.62 bits per heavy atom. The highest BCUT2D eigenvalue weighted by atomic mass is 19.4. The van der Waals surface area contributed by atoms with Crippen molar-refractivity contribution in [1.29, 1.82) is 0 Å². The van der Waals surface area contributed by atoms with Crippen LogP contribution in [-0.2, 0) is 23.8 Å². The van der Waals surface area contributed by atoms with E-state index in [9.17, 15) is 18.0 Å². The molecule has 4 nitrogen and oxygen atoms in total. The fourth-order valence-corrected chi connectivity index (χ4v) is 2.80. The van der Waals surface area contributed by atoms with Crippen LogP contribution in [0.2, 0.25) is 0 Å². The van der Waals surface area contributed by atoms with Crippen LogP contribution in [0.1, 0.15) is 27.9 Å². The fraction of sp³-hybridized carbons (Fsp3) is 0.182. The molecule has 0 unspecified atom stereocenters. The molecule has 1 aromatic heterocycles. The summed E-state index contributed by atoms with van der Waals surface area (Å²) in [6.07, 6.45) is 3.04. The quantitative estimate of drug-likeness (QED) is 0.583. The molecule has 0 aliphatic rings. The molecule has 0 aliphatic heterocycles. The number of alkyl halides is 3. The first kappa shape index (κ1) is 20.5. The second kappa shape index (κ2) is 8.87. The van der Waals surface area contributed by atoms with Gasteiger partial charge in [0, 0.05) is 24.7 Å². The van der Waals surface area contributed by atoms with E-state index in [1.54, 1.807) is 24.7 Å². The Hall–Kier alpha value is -3.19. The Kier molecular flexibility index (Phi) is 6.29. The molecule has 2 aromatic carbocycles. The van der Waals surface area contributed by atoms with Gasteiger partial charge in [0.05, 0.1) is 17.9 Å². The monoisotopic (exact) mass is 399 g/mol. The number of Topliss-reactive ketones (excluding diaryl/α,β-unsaturated/α-hetero) is 1. The van der Waals surface area contributed by atoms with Crippen LogP contribution in [0.25, 0.3) is 12.2 Å². The number of nitrogens with one attached hydrogen (secondary N) is 1. The van der Waals surface area contributed by atoms with E-state index < -0.39 is 17.8 Å². The molecule has 3 aromatic rings. The van der Waals surface area contributed by atoms with E-state index >= 15 is 0 Å². The average Bonchev–Trinajstić information content (AvgIpc) is 3.20. The Balaban J connectivity index is 1.57. The molecule has 0 spiro atoms. The minimum absolute atomic E-state index is 0.0624. The van der Waals surface area contributed by atoms with Crippen LogP contribution >= 0.6 is 0 Å². The lowest BCUT2D eigenvalue weighted by atomic mass is 10.00. The Bertz CT molecular complexity index is 960. The number of imidazole rings is 1. The molecule has 1 atom stereocenters. The van der Waals surface area contributed by atoms with E-state index in [1.807, 2.05) is 24.3 Å². The van der Waals surface area contributed by atoms with Gasteiger partial charge in [0.15, 0.2) is 5.78 Å². The molecular weight excluding hydrogens is 379 g/mol. The van der Waals surface area contributed by atoms with Gasteiger partial charge in [-0.25, -0.2) is 4.98 Å². The van der Waals surface area contributed by atoms with Crippen LogP contribution in [0, 0.1) is 0 Å². The molecule has 0 fully saturated rings. The first-order chi connectivity index (χ1) is 13.8. The maximum absolute atomic E-state index is 12.6. The number of hydrogen-bond donors (Lipinski definition) is 2. The summed E-state index contributed by atoms with van der Waals surface area (Å²) in [5, 5.41) is 0. The van der Waals surface area contributed by atoms with Crippen LogP contribution in [-0.4, -0.2) is 21.8 Å². The first-order valence-corrected chi connectivity index (χ1v) is 9.01. The van der Waals surface area contributed by atoms with E-state index in [0.717, 1.165) is 29.0 Å². The third kappa shape index (κ3) is 5.89. The number of nitrogens with zero attached hydrogens (tertiary/aromatic N) is 1. The summed E-state index contributed by atoms with van der Waals surface area (Å²) >= 11 is 0. The zero-order valence-electron chi connectivity index (χ0n) is 15.5. The van der Waals surface area contributed by atoms with Gasteiger partial charge in [-0.2, -0.15) is 13.2 Å². The number of carbonyl (C=O) groups is 1. The van der Waals surface area contributed by atoms with Crippen LogP contribution in [0.15, 0.2) is 61.1 Å². The smallest absolute Gasteiger partial charge is 0.348 e. The van der Waals surface area contributed by atoms with E-state index in [1.165, 1.54) is 12.1 Å². The Morgan fingerprint density at radius 3 is 2.14 bits per heavy atom. The molecule has 0 radical (unpaired) electrons. The lowest BCUT2D eigenvalue weighted by molar-refractivity contribution is -0.137. The lowest BCUT2D eigenvalue weighted by Gasteiger charge is -2.09. The summed E-state index contributed by atoms with van der Waals surface area (Å²) in [5.74, 6) is -0.0624. The molecule has 0 aliphatic carbocycles. The SMILES string of the molecule is N[C@@H](Cc1cnc[nH]1)C(=O)Cc1ccc(/C=C/c2ccc(C(F)(F)F)cc2)cc1. The first-order valence-electron chi connectivity index (χ1n) is 9.01. The van der Waals surface area contributed by atoms with Gasteiger partial charge in [0.25, 0.3) is 0 Å². The van der Waals surface area contributed by atoms with Crippen molar-refractivity contribution in [2.75, 3.05) is 0 Å². The molecule has 0 saturated carbocycles. The molecule has 0 bridgehead atoms. The second-order valence-electron chi connectivity index (χ2n) is 6.73. The van der Waals surface area contributed by atoms with Gasteiger partial charge in [0.1, 0.15) is 0 Å². The van der Waals surface area contributed by atoms with Crippen molar-refractivity contribution in [3.05, 3.63) is 89.0 Å². The van der Waals surface area contributed by atoms with Gasteiger partial charge in [-0.05, 0) is 28.8 Å². The van der Waals surface area contributed by atoms with E-state index in [4.69, 9.17) is 5.73 Å². The van der Waals surface area contributed by atoms with Crippen LogP contribution in [0.4, 0.5) is 13.2 Å². The van der Waals surface area contributed by atoms with Crippen molar-refractivity contribution >= 4 is 17.9 Å². The number of nitrogens with two attached hydrogens (primary N) is 1. The highest BCUT2D eigenvalue weighted by Gasteiger charge is 2.29. The number of aromatic nitrogens is 2. The van der Waals surface area contributed by atoms with Crippen molar-refractivity contribution in [3.63, 3.8) is 0 Å². The number of halogens is 3. The number of hydrogen-bond acceptors (Lipinski definition) is 3. The van der Waals surface area contributed by atoms with Crippen molar-refractivity contribution < 1.29 is 18.0 Å². The number of H-pyrrole nitrogens is 1. The summed E-state index contributed by atoms with van der Waals surface area (Å²) in [4.78, 5) is 19.1. The number of benzene rings is 2. The average molecular weight is 399 g/mol. The Morgan fingerprint density at radius 1 is 1.03 bits per heavy atom. The largest absolute Gasteiger partial charge is 0.416 e. The number of aromatic amines is 1. The lowest BCUT2D eigenvalue weighted by Crippen LogP contribution is -2.34. The van der Waals surface area contributed by atoms with Gasteiger partial charge in [-0.1, -0.05) is 48.6 Å². The minimum Gasteiger partial charge on any atom is -0.348 e. The standard InChI is InChI=1S/C22H20F3N3O/c23-22(24,25)18-9-7-16(8-10-18)2-1-15-3-5-17(6-4-15)11-21(29)20(26)12-19-13-27-14-28-19/h1-10,13-14,20H,11-12,26H2,(H,27,28)/b2-1+/t20-/m0/s1. The van der Waals surface area contributed by atoms with Crippen molar-refractivity contribution in [2.24, 2.45) is 5.73 Å². The van der Waals surface area contributed by atoms with E-state index in [2.05, 4.69) is 9.97 Å². The highest BCUT2D eigenvalue weighted by molar-refractivity contribution is 5.86. The summed E-state index contributed by atoms with van der Waals surface area (Å²) in [6.45, 7) is 0. The van der Waals surface area contributed by atoms with Gasteiger partial charge in [-0.3, -0.25) is 4.79 Å². The van der Waals surface area contributed by atoms with Crippen LogP contribution in [0.3, 0.4) is 0 Å². The molecule has 29 heavy (non-hydrogen) atoms.